The second-order valence-electron chi connectivity index (χ2n) is 6.16. The lowest BCUT2D eigenvalue weighted by Gasteiger charge is -2.16. The Morgan fingerprint density at radius 3 is 2.48 bits per heavy atom. The van der Waals surface area contributed by atoms with Crippen LogP contribution in [0.15, 0.2) is 60.8 Å². The molecule has 2 heterocycles. The minimum atomic E-state index is -0.334. The highest BCUT2D eigenvalue weighted by atomic mass is 19.1. The molecule has 4 rings (SSSR count). The SMILES string of the molecule is O=C(c1cnn(-c2cccc(F)c2)c1-c1ccccc1)N1CCCC1. The van der Waals surface area contributed by atoms with Crippen LogP contribution in [-0.4, -0.2) is 33.7 Å². The summed E-state index contributed by atoms with van der Waals surface area (Å²) in [5.74, 6) is -0.349. The summed E-state index contributed by atoms with van der Waals surface area (Å²) in [6.07, 6.45) is 3.66. The third-order valence-corrected chi connectivity index (χ3v) is 4.49. The number of nitrogens with zero attached hydrogens (tertiary/aromatic N) is 3. The Balaban J connectivity index is 1.86. The van der Waals surface area contributed by atoms with Gasteiger partial charge in [0.25, 0.3) is 5.91 Å². The predicted octanol–water partition coefficient (Wildman–Crippen LogP) is 3.91. The molecule has 1 amide bonds. The van der Waals surface area contributed by atoms with Gasteiger partial charge in [0.15, 0.2) is 0 Å². The van der Waals surface area contributed by atoms with Crippen molar-refractivity contribution in [3.63, 3.8) is 0 Å². The maximum Gasteiger partial charge on any atom is 0.257 e. The normalized spacial score (nSPS) is 14.0. The maximum atomic E-state index is 13.7. The summed E-state index contributed by atoms with van der Waals surface area (Å²) in [7, 11) is 0. The lowest BCUT2D eigenvalue weighted by molar-refractivity contribution is 0.0793. The fourth-order valence-electron chi connectivity index (χ4n) is 3.27. The molecular formula is C20H18FN3O. The van der Waals surface area contributed by atoms with E-state index < -0.39 is 0 Å². The van der Waals surface area contributed by atoms with E-state index in [0.29, 0.717) is 16.9 Å². The molecule has 1 aliphatic rings. The first-order valence-electron chi connectivity index (χ1n) is 8.43. The molecule has 4 nitrogen and oxygen atoms in total. The molecule has 1 aliphatic heterocycles. The predicted molar refractivity (Wildman–Crippen MR) is 94.1 cm³/mol. The average Bonchev–Trinajstić information content (AvgIpc) is 3.32. The molecule has 1 aromatic heterocycles. The highest BCUT2D eigenvalue weighted by Gasteiger charge is 2.26. The molecule has 0 bridgehead atoms. The summed E-state index contributed by atoms with van der Waals surface area (Å²) in [5, 5.41) is 4.40. The van der Waals surface area contributed by atoms with E-state index in [0.717, 1.165) is 31.5 Å². The van der Waals surface area contributed by atoms with E-state index in [4.69, 9.17) is 0 Å². The third kappa shape index (κ3) is 2.93. The van der Waals surface area contributed by atoms with Crippen LogP contribution < -0.4 is 0 Å². The van der Waals surface area contributed by atoms with Crippen LogP contribution in [0.5, 0.6) is 0 Å². The monoisotopic (exact) mass is 335 g/mol. The Labute approximate surface area is 145 Å². The van der Waals surface area contributed by atoms with Gasteiger partial charge < -0.3 is 4.90 Å². The Bertz CT molecular complexity index is 898. The number of benzene rings is 2. The summed E-state index contributed by atoms with van der Waals surface area (Å²) in [6, 6.07) is 15.9. The van der Waals surface area contributed by atoms with Crippen molar-refractivity contribution in [3.05, 3.63) is 72.2 Å². The first-order chi connectivity index (χ1) is 12.2. The summed E-state index contributed by atoms with van der Waals surface area (Å²) in [5.41, 5.74) is 2.73. The van der Waals surface area contributed by atoms with Crippen LogP contribution in [0.25, 0.3) is 16.9 Å². The van der Waals surface area contributed by atoms with E-state index in [-0.39, 0.29) is 11.7 Å². The number of likely N-dealkylation sites (tertiary alicyclic amines) is 1. The standard InChI is InChI=1S/C20H18FN3O/c21-16-9-6-10-17(13-16)24-19(15-7-2-1-3-8-15)18(14-22-24)20(25)23-11-4-5-12-23/h1-3,6-10,13-14H,4-5,11-12H2. The summed E-state index contributed by atoms with van der Waals surface area (Å²) >= 11 is 0. The molecular weight excluding hydrogens is 317 g/mol. The molecule has 1 fully saturated rings. The van der Waals surface area contributed by atoms with E-state index in [1.807, 2.05) is 35.2 Å². The minimum Gasteiger partial charge on any atom is -0.339 e. The van der Waals surface area contributed by atoms with Gasteiger partial charge in [0.2, 0.25) is 0 Å². The Morgan fingerprint density at radius 1 is 1.00 bits per heavy atom. The van der Waals surface area contributed by atoms with Crippen LogP contribution in [0.3, 0.4) is 0 Å². The topological polar surface area (TPSA) is 38.1 Å². The van der Waals surface area contributed by atoms with Crippen molar-refractivity contribution in [1.82, 2.24) is 14.7 Å². The zero-order valence-corrected chi connectivity index (χ0v) is 13.7. The van der Waals surface area contributed by atoms with Gasteiger partial charge in [0.1, 0.15) is 5.82 Å². The molecule has 0 unspecified atom stereocenters. The second-order valence-corrected chi connectivity index (χ2v) is 6.16. The molecule has 0 radical (unpaired) electrons. The van der Waals surface area contributed by atoms with Crippen molar-refractivity contribution < 1.29 is 9.18 Å². The van der Waals surface area contributed by atoms with E-state index >= 15 is 0 Å². The fourth-order valence-corrected chi connectivity index (χ4v) is 3.27. The zero-order chi connectivity index (χ0) is 17.2. The molecule has 0 spiro atoms. The molecule has 2 aromatic carbocycles. The maximum absolute atomic E-state index is 13.7. The molecule has 126 valence electrons. The summed E-state index contributed by atoms with van der Waals surface area (Å²) < 4.78 is 15.3. The van der Waals surface area contributed by atoms with Crippen LogP contribution in [0.1, 0.15) is 23.2 Å². The van der Waals surface area contributed by atoms with Gasteiger partial charge >= 0.3 is 0 Å². The van der Waals surface area contributed by atoms with Crippen LogP contribution in [0.2, 0.25) is 0 Å². The van der Waals surface area contributed by atoms with Crippen molar-refractivity contribution >= 4 is 5.91 Å². The van der Waals surface area contributed by atoms with E-state index in [1.165, 1.54) is 12.1 Å². The smallest absolute Gasteiger partial charge is 0.257 e. The molecule has 5 heteroatoms. The zero-order valence-electron chi connectivity index (χ0n) is 13.7. The molecule has 1 saturated heterocycles. The van der Waals surface area contributed by atoms with Gasteiger partial charge in [-0.25, -0.2) is 9.07 Å². The first kappa shape index (κ1) is 15.6. The fraction of sp³-hybridized carbons (Fsp3) is 0.200. The number of amides is 1. The molecule has 25 heavy (non-hydrogen) atoms. The van der Waals surface area contributed by atoms with Gasteiger partial charge in [0.05, 0.1) is 23.1 Å². The van der Waals surface area contributed by atoms with Gasteiger partial charge in [-0.3, -0.25) is 4.79 Å². The number of carbonyl (C=O) groups excluding carboxylic acids is 1. The van der Waals surface area contributed by atoms with Gasteiger partial charge in [-0.05, 0) is 31.0 Å². The average molecular weight is 335 g/mol. The lowest BCUT2D eigenvalue weighted by atomic mass is 10.1. The molecule has 0 aliphatic carbocycles. The van der Waals surface area contributed by atoms with Crippen molar-refractivity contribution in [3.8, 4) is 16.9 Å². The minimum absolute atomic E-state index is 0.0148. The second kappa shape index (κ2) is 6.51. The largest absolute Gasteiger partial charge is 0.339 e. The Morgan fingerprint density at radius 2 is 1.76 bits per heavy atom. The first-order valence-corrected chi connectivity index (χ1v) is 8.43. The summed E-state index contributed by atoms with van der Waals surface area (Å²) in [4.78, 5) is 14.8. The van der Waals surface area contributed by atoms with Crippen molar-refractivity contribution in [2.75, 3.05) is 13.1 Å². The number of aromatic nitrogens is 2. The number of carbonyl (C=O) groups is 1. The molecule has 3 aromatic rings. The van der Waals surface area contributed by atoms with Gasteiger partial charge in [-0.2, -0.15) is 5.10 Å². The molecule has 0 N–H and O–H groups in total. The highest BCUT2D eigenvalue weighted by Crippen LogP contribution is 2.28. The number of hydrogen-bond acceptors (Lipinski definition) is 2. The van der Waals surface area contributed by atoms with E-state index in [1.54, 1.807) is 23.0 Å². The Kier molecular flexibility index (Phi) is 4.06. The Hall–Kier alpha value is -2.95. The van der Waals surface area contributed by atoms with Crippen molar-refractivity contribution in [2.45, 2.75) is 12.8 Å². The van der Waals surface area contributed by atoms with Crippen LogP contribution >= 0.6 is 0 Å². The highest BCUT2D eigenvalue weighted by molar-refractivity contribution is 6.00. The van der Waals surface area contributed by atoms with Crippen molar-refractivity contribution in [1.29, 1.82) is 0 Å². The number of hydrogen-bond donors (Lipinski definition) is 0. The number of rotatable bonds is 3. The van der Waals surface area contributed by atoms with E-state index in [2.05, 4.69) is 5.10 Å². The molecule has 0 saturated carbocycles. The molecule has 0 atom stereocenters. The summed E-state index contributed by atoms with van der Waals surface area (Å²) in [6.45, 7) is 1.55. The number of halogens is 1. The quantitative estimate of drug-likeness (QED) is 0.728. The lowest BCUT2D eigenvalue weighted by Crippen LogP contribution is -2.27. The van der Waals surface area contributed by atoms with E-state index in [9.17, 15) is 9.18 Å². The van der Waals surface area contributed by atoms with Crippen LogP contribution in [0, 0.1) is 5.82 Å². The van der Waals surface area contributed by atoms with Gasteiger partial charge in [-0.1, -0.05) is 36.4 Å². The van der Waals surface area contributed by atoms with Crippen molar-refractivity contribution in [2.24, 2.45) is 0 Å². The van der Waals surface area contributed by atoms with Gasteiger partial charge in [-0.15, -0.1) is 0 Å². The van der Waals surface area contributed by atoms with Gasteiger partial charge in [0, 0.05) is 18.7 Å². The van der Waals surface area contributed by atoms with Crippen LogP contribution in [0.4, 0.5) is 4.39 Å². The third-order valence-electron chi connectivity index (χ3n) is 4.49. The van der Waals surface area contributed by atoms with Crippen LogP contribution in [-0.2, 0) is 0 Å².